The predicted octanol–water partition coefficient (Wildman–Crippen LogP) is 22.5. The lowest BCUT2D eigenvalue weighted by Gasteiger charge is -2.18. The van der Waals surface area contributed by atoms with Gasteiger partial charge < -0.3 is 14.2 Å². The first-order valence-corrected chi connectivity index (χ1v) is 32.5. The summed E-state index contributed by atoms with van der Waals surface area (Å²) in [4.78, 5) is 38.3. The van der Waals surface area contributed by atoms with E-state index in [0.717, 1.165) is 141 Å². The molecule has 0 aromatic heterocycles. The number of unbranched alkanes of at least 4 members (excludes halogenated alkanes) is 20. The molecule has 0 heterocycles. The van der Waals surface area contributed by atoms with Crippen LogP contribution in [0.2, 0.25) is 0 Å². The summed E-state index contributed by atoms with van der Waals surface area (Å²) in [5.41, 5.74) is 0. The molecule has 0 fully saturated rings. The highest BCUT2D eigenvalue weighted by Crippen LogP contribution is 2.15. The van der Waals surface area contributed by atoms with Crippen molar-refractivity contribution in [3.8, 4) is 0 Å². The van der Waals surface area contributed by atoms with Gasteiger partial charge in [0, 0.05) is 19.3 Å². The van der Waals surface area contributed by atoms with Gasteiger partial charge in [0.15, 0.2) is 6.10 Å². The van der Waals surface area contributed by atoms with Crippen LogP contribution < -0.4 is 0 Å². The van der Waals surface area contributed by atoms with Crippen molar-refractivity contribution in [3.05, 3.63) is 158 Å². The van der Waals surface area contributed by atoms with E-state index in [9.17, 15) is 14.4 Å². The van der Waals surface area contributed by atoms with Gasteiger partial charge in [-0.3, -0.25) is 14.4 Å². The summed E-state index contributed by atoms with van der Waals surface area (Å²) >= 11 is 0. The van der Waals surface area contributed by atoms with Crippen LogP contribution in [-0.2, 0) is 28.6 Å². The molecule has 0 aromatic carbocycles. The minimum Gasteiger partial charge on any atom is -0.462 e. The first kappa shape index (κ1) is 75.0. The van der Waals surface area contributed by atoms with Gasteiger partial charge in [-0.2, -0.15) is 0 Å². The van der Waals surface area contributed by atoms with Crippen LogP contribution in [0.1, 0.15) is 271 Å². The van der Waals surface area contributed by atoms with Crippen molar-refractivity contribution < 1.29 is 28.6 Å². The minimum atomic E-state index is -0.821. The topological polar surface area (TPSA) is 78.9 Å². The Bertz CT molecular complexity index is 1790. The molecule has 80 heavy (non-hydrogen) atoms. The minimum absolute atomic E-state index is 0.109. The molecular formula is C74H118O6. The molecule has 0 aliphatic heterocycles. The highest BCUT2D eigenvalue weighted by Gasteiger charge is 2.19. The molecule has 0 saturated heterocycles. The first-order chi connectivity index (χ1) is 39.5. The number of carbonyl (C=O) groups is 3. The third-order valence-electron chi connectivity index (χ3n) is 13.3. The van der Waals surface area contributed by atoms with Crippen molar-refractivity contribution in [1.29, 1.82) is 0 Å². The molecule has 0 saturated carbocycles. The maximum absolute atomic E-state index is 12.9. The van der Waals surface area contributed by atoms with Gasteiger partial charge >= 0.3 is 17.9 Å². The number of allylic oxidation sites excluding steroid dienone is 26. The lowest BCUT2D eigenvalue weighted by molar-refractivity contribution is -0.167. The molecule has 0 N–H and O–H groups in total. The molecule has 0 bridgehead atoms. The number of carbonyl (C=O) groups excluding carboxylic acids is 3. The number of esters is 3. The second-order valence-corrected chi connectivity index (χ2v) is 20.9. The maximum Gasteiger partial charge on any atom is 0.306 e. The van der Waals surface area contributed by atoms with E-state index in [1.165, 1.54) is 83.5 Å². The summed E-state index contributed by atoms with van der Waals surface area (Å²) in [5, 5.41) is 0. The Morgan fingerprint density at radius 1 is 0.263 bits per heavy atom. The summed E-state index contributed by atoms with van der Waals surface area (Å²) in [5.74, 6) is -0.984. The van der Waals surface area contributed by atoms with Gasteiger partial charge in [-0.25, -0.2) is 0 Å². The molecule has 450 valence electrons. The Kier molecular flexibility index (Phi) is 62.4. The zero-order valence-corrected chi connectivity index (χ0v) is 51.5. The molecule has 6 nitrogen and oxygen atoms in total. The van der Waals surface area contributed by atoms with Crippen LogP contribution >= 0.6 is 0 Å². The quantitative estimate of drug-likeness (QED) is 0.0261. The Morgan fingerprint density at radius 3 is 0.800 bits per heavy atom. The van der Waals surface area contributed by atoms with Crippen molar-refractivity contribution in [2.24, 2.45) is 0 Å². The largest absolute Gasteiger partial charge is 0.462 e. The molecule has 0 rings (SSSR count). The molecule has 0 amide bonds. The number of rotatable bonds is 57. The van der Waals surface area contributed by atoms with E-state index in [0.29, 0.717) is 19.3 Å². The van der Waals surface area contributed by atoms with Crippen LogP contribution in [0.25, 0.3) is 0 Å². The normalized spacial score (nSPS) is 13.2. The number of ether oxygens (including phenoxy) is 3. The highest BCUT2D eigenvalue weighted by atomic mass is 16.6. The summed E-state index contributed by atoms with van der Waals surface area (Å²) in [6.07, 6.45) is 96.8. The second-order valence-electron chi connectivity index (χ2n) is 20.9. The lowest BCUT2D eigenvalue weighted by atomic mass is 10.0. The molecule has 6 heteroatoms. The Balaban J connectivity index is 4.41. The van der Waals surface area contributed by atoms with Crippen LogP contribution in [0.5, 0.6) is 0 Å². The Labute approximate surface area is 492 Å². The molecular weight excluding hydrogens is 985 g/mol. The van der Waals surface area contributed by atoms with E-state index in [1.54, 1.807) is 0 Å². The van der Waals surface area contributed by atoms with Gasteiger partial charge in [-0.1, -0.05) is 288 Å². The van der Waals surface area contributed by atoms with Crippen molar-refractivity contribution in [3.63, 3.8) is 0 Å². The predicted molar refractivity (Wildman–Crippen MR) is 348 cm³/mol. The lowest BCUT2D eigenvalue weighted by Crippen LogP contribution is -2.30. The number of hydrogen-bond donors (Lipinski definition) is 0. The standard InChI is InChI=1S/C74H118O6/c1-4-7-10-13-16-19-22-25-28-30-31-32-33-34-35-36-37-38-39-40-41-42-43-45-46-49-52-55-58-61-64-67-73(76)79-70-71(69-78-72(75)66-63-60-57-54-51-48-27-24-21-18-15-12-9-6-3)80-74(77)68-65-62-59-56-53-50-47-44-29-26-23-20-17-14-11-8-5-2/h7-8,10-11,16-17,19-20,25-26,28-29,31-32,34-35,37-38,40-41,43,45,47,50,56,59,71H,4-6,9,12-15,18,21-24,27,30,33,36,39,42,44,46,48-49,51-55,57-58,60-70H2,1-3H3/b10-7-,11-8-,19-16-,20-17-,28-25-,29-26-,32-31-,35-34-,38-37-,41-40-,45-43-,50-47-,59-56-. The van der Waals surface area contributed by atoms with Gasteiger partial charge in [-0.05, 0) is 122 Å². The van der Waals surface area contributed by atoms with Gasteiger partial charge in [0.1, 0.15) is 13.2 Å². The van der Waals surface area contributed by atoms with E-state index >= 15 is 0 Å². The zero-order valence-electron chi connectivity index (χ0n) is 51.5. The number of hydrogen-bond acceptors (Lipinski definition) is 6. The fraction of sp³-hybridized carbons (Fsp3) is 0.608. The van der Waals surface area contributed by atoms with E-state index < -0.39 is 6.10 Å². The average molecular weight is 1100 g/mol. The van der Waals surface area contributed by atoms with Crippen LogP contribution in [0.15, 0.2) is 158 Å². The summed E-state index contributed by atoms with van der Waals surface area (Å²) < 4.78 is 16.9. The van der Waals surface area contributed by atoms with Gasteiger partial charge in [0.25, 0.3) is 0 Å². The first-order valence-electron chi connectivity index (χ1n) is 32.5. The van der Waals surface area contributed by atoms with Gasteiger partial charge in [0.2, 0.25) is 0 Å². The summed E-state index contributed by atoms with van der Waals surface area (Å²) in [6.45, 7) is 6.36. The van der Waals surface area contributed by atoms with Crippen molar-refractivity contribution in [2.75, 3.05) is 13.2 Å². The summed E-state index contributed by atoms with van der Waals surface area (Å²) in [7, 11) is 0. The van der Waals surface area contributed by atoms with Crippen molar-refractivity contribution in [2.45, 2.75) is 277 Å². The highest BCUT2D eigenvalue weighted by molar-refractivity contribution is 5.71. The monoisotopic (exact) mass is 1100 g/mol. The fourth-order valence-electron chi connectivity index (χ4n) is 8.49. The van der Waals surface area contributed by atoms with Crippen molar-refractivity contribution >= 4 is 17.9 Å². The summed E-state index contributed by atoms with van der Waals surface area (Å²) in [6, 6.07) is 0. The molecule has 0 aromatic rings. The smallest absolute Gasteiger partial charge is 0.306 e. The van der Waals surface area contributed by atoms with E-state index in [2.05, 4.69) is 179 Å². The van der Waals surface area contributed by atoms with Crippen LogP contribution in [0.4, 0.5) is 0 Å². The molecule has 0 spiro atoms. The SMILES string of the molecule is CC/C=C\C/C=C\C/C=C\C/C=C\C/C=C\C/C=C\C/C=C\C/C=C\CCCCCCCCC(=O)OCC(COC(=O)CCCCCCCCCCCCCCCC)OC(=O)CCC/C=C\C/C=C\C/C=C\C/C=C\C/C=C\CC. The Hall–Kier alpha value is -4.97. The van der Waals surface area contributed by atoms with Crippen LogP contribution in [-0.4, -0.2) is 37.2 Å². The van der Waals surface area contributed by atoms with Crippen LogP contribution in [0, 0.1) is 0 Å². The second kappa shape index (κ2) is 66.5. The maximum atomic E-state index is 12.9. The van der Waals surface area contributed by atoms with E-state index in [1.807, 2.05) is 0 Å². The zero-order chi connectivity index (χ0) is 57.8. The molecule has 1 unspecified atom stereocenters. The van der Waals surface area contributed by atoms with Crippen LogP contribution in [0.3, 0.4) is 0 Å². The molecule has 1 atom stereocenters. The Morgan fingerprint density at radius 2 is 0.500 bits per heavy atom. The molecule has 0 aliphatic rings. The van der Waals surface area contributed by atoms with Gasteiger partial charge in [0.05, 0.1) is 0 Å². The fourth-order valence-corrected chi connectivity index (χ4v) is 8.49. The third-order valence-corrected chi connectivity index (χ3v) is 13.3. The van der Waals surface area contributed by atoms with E-state index in [-0.39, 0.29) is 37.5 Å². The van der Waals surface area contributed by atoms with Gasteiger partial charge in [-0.15, -0.1) is 0 Å². The molecule has 0 radical (unpaired) electrons. The van der Waals surface area contributed by atoms with Crippen molar-refractivity contribution in [1.82, 2.24) is 0 Å². The third kappa shape index (κ3) is 63.9. The van der Waals surface area contributed by atoms with E-state index in [4.69, 9.17) is 14.2 Å². The average Bonchev–Trinajstić information content (AvgIpc) is 3.46. The molecule has 0 aliphatic carbocycles.